The van der Waals surface area contributed by atoms with Gasteiger partial charge in [0.25, 0.3) is 0 Å². The summed E-state index contributed by atoms with van der Waals surface area (Å²) in [6.45, 7) is 0. The summed E-state index contributed by atoms with van der Waals surface area (Å²) < 4.78 is 168. The van der Waals surface area contributed by atoms with Crippen LogP contribution in [-0.4, -0.2) is 47.6 Å². The lowest BCUT2D eigenvalue weighted by Crippen LogP contribution is -2.22. The summed E-state index contributed by atoms with van der Waals surface area (Å²) in [6.07, 6.45) is -17.1. The zero-order valence-electron chi connectivity index (χ0n) is 18.9. The molecule has 40 heavy (non-hydrogen) atoms. The minimum absolute atomic E-state index is 0.534. The van der Waals surface area contributed by atoms with Gasteiger partial charge in [0.15, 0.2) is 0 Å². The standard InChI is InChI=1S/C24H8F12N4/c25-21(26,27)17-9-1-2-10(37-9)18(22(28,29)30)12-5-6-14(39-12)20(24(34,35)36)16-8-7-15(40-16)19(23(31,32)33)13-4-3-11(17)38-13/h1-8H. The van der Waals surface area contributed by atoms with Crippen LogP contribution in [0.1, 0.15) is 0 Å². The summed E-state index contributed by atoms with van der Waals surface area (Å²) in [4.78, 5) is 13.5. The Hall–Kier alpha value is -4.24. The molecule has 0 aromatic carbocycles. The Bertz CT molecular complexity index is 1360. The fourth-order valence-corrected chi connectivity index (χ4v) is 4.25. The average Bonchev–Trinajstić information content (AvgIpc) is 3.55. The molecule has 0 spiro atoms. The van der Waals surface area contributed by atoms with Crippen LogP contribution in [0.15, 0.2) is 114 Å². The first-order chi connectivity index (χ1) is 18.4. The van der Waals surface area contributed by atoms with E-state index < -0.39 is 92.6 Å². The Labute approximate surface area is 214 Å². The predicted molar refractivity (Wildman–Crippen MR) is 119 cm³/mol. The normalized spacial score (nSPS) is 21.3. The average molecular weight is 580 g/mol. The van der Waals surface area contributed by atoms with Crippen LogP contribution in [0.3, 0.4) is 0 Å². The summed E-state index contributed by atoms with van der Waals surface area (Å²) in [5.41, 5.74) is -15.9. The van der Waals surface area contributed by atoms with Gasteiger partial charge < -0.3 is 0 Å². The minimum atomic E-state index is -5.34. The van der Waals surface area contributed by atoms with Crippen LogP contribution < -0.4 is 0 Å². The Morgan fingerprint density at radius 1 is 0.300 bits per heavy atom. The van der Waals surface area contributed by atoms with Crippen LogP contribution in [0.2, 0.25) is 0 Å². The number of aliphatic imine (C=N–C) groups is 4. The molecule has 5 heterocycles. The molecule has 0 amide bonds. The predicted octanol–water partition coefficient (Wildman–Crippen LogP) is 7.31. The number of fused-ring (bicyclic) bond motifs is 4. The second kappa shape index (κ2) is 8.63. The van der Waals surface area contributed by atoms with Crippen molar-refractivity contribution in [3.63, 3.8) is 0 Å². The van der Waals surface area contributed by atoms with E-state index in [1.54, 1.807) is 0 Å². The molecule has 5 aliphatic rings. The first-order valence-electron chi connectivity index (χ1n) is 10.7. The Morgan fingerprint density at radius 2 is 0.475 bits per heavy atom. The van der Waals surface area contributed by atoms with Gasteiger partial charge in [-0.05, 0) is 48.6 Å². The summed E-state index contributed by atoms with van der Waals surface area (Å²) in [7, 11) is 0. The summed E-state index contributed by atoms with van der Waals surface area (Å²) in [5.74, 6) is 0. The lowest BCUT2D eigenvalue weighted by molar-refractivity contribution is -0.0875. The van der Waals surface area contributed by atoms with Gasteiger partial charge in [-0.2, -0.15) is 52.7 Å². The molecule has 0 unspecified atom stereocenters. The summed E-state index contributed by atoms with van der Waals surface area (Å²) >= 11 is 0. The van der Waals surface area contributed by atoms with E-state index in [2.05, 4.69) is 20.0 Å². The molecule has 8 bridgehead atoms. The molecule has 0 saturated heterocycles. The van der Waals surface area contributed by atoms with E-state index in [1.807, 2.05) is 0 Å². The lowest BCUT2D eigenvalue weighted by atomic mass is 10.1. The van der Waals surface area contributed by atoms with Crippen molar-refractivity contribution in [3.05, 3.63) is 93.7 Å². The van der Waals surface area contributed by atoms with E-state index >= 15 is 0 Å². The zero-order valence-corrected chi connectivity index (χ0v) is 18.9. The first kappa shape index (κ1) is 27.3. The molecule has 16 heteroatoms. The largest absolute Gasteiger partial charge is 0.420 e. The van der Waals surface area contributed by atoms with E-state index in [4.69, 9.17) is 0 Å². The van der Waals surface area contributed by atoms with Gasteiger partial charge in [-0.1, -0.05) is 0 Å². The summed E-state index contributed by atoms with van der Waals surface area (Å²) in [6, 6.07) is 0. The van der Waals surface area contributed by atoms with Gasteiger partial charge in [0, 0.05) is 0 Å². The molecule has 0 fully saturated rings. The van der Waals surface area contributed by atoms with Crippen LogP contribution >= 0.6 is 0 Å². The molecule has 0 N–H and O–H groups in total. The van der Waals surface area contributed by atoms with Crippen molar-refractivity contribution in [3.8, 4) is 0 Å². The molecular formula is C24H8F12N4. The van der Waals surface area contributed by atoms with E-state index in [-0.39, 0.29) is 0 Å². The van der Waals surface area contributed by atoms with Crippen LogP contribution in [0.4, 0.5) is 52.7 Å². The molecule has 0 aromatic rings. The van der Waals surface area contributed by atoms with Crippen molar-refractivity contribution in [2.24, 2.45) is 20.0 Å². The van der Waals surface area contributed by atoms with Crippen molar-refractivity contribution in [1.29, 1.82) is 0 Å². The van der Waals surface area contributed by atoms with Gasteiger partial charge in [0.05, 0.1) is 45.6 Å². The van der Waals surface area contributed by atoms with Crippen LogP contribution in [0, 0.1) is 0 Å². The Kier molecular flexibility index (Phi) is 5.90. The van der Waals surface area contributed by atoms with Crippen molar-refractivity contribution in [1.82, 2.24) is 0 Å². The molecule has 5 aliphatic heterocycles. The lowest BCUT2D eigenvalue weighted by Gasteiger charge is -2.15. The maximum absolute atomic E-state index is 14.0. The number of hydrogen-bond donors (Lipinski definition) is 0. The maximum atomic E-state index is 14.0. The molecule has 208 valence electrons. The van der Waals surface area contributed by atoms with Crippen LogP contribution in [0.5, 0.6) is 0 Å². The summed E-state index contributed by atoms with van der Waals surface area (Å²) in [5, 5.41) is 0. The van der Waals surface area contributed by atoms with E-state index in [0.29, 0.717) is 48.6 Å². The second-order valence-corrected chi connectivity index (χ2v) is 8.35. The third-order valence-electron chi connectivity index (χ3n) is 5.74. The fraction of sp³-hybridized carbons (Fsp3) is 0.167. The smallest absolute Gasteiger partial charge is 0.248 e. The minimum Gasteiger partial charge on any atom is -0.248 e. The molecule has 0 aliphatic carbocycles. The third kappa shape index (κ3) is 4.70. The highest BCUT2D eigenvalue weighted by atomic mass is 19.4. The van der Waals surface area contributed by atoms with Crippen molar-refractivity contribution < 1.29 is 52.7 Å². The molecule has 0 radical (unpaired) electrons. The van der Waals surface area contributed by atoms with E-state index in [1.165, 1.54) is 0 Å². The SMILES string of the molecule is FC(F)(F)C1=C2C=CC(=N2)C(C(F)(F)F)=C2C=CC(=N2)C(C(F)(F)F)=C2C=CC(=N2)C(C(F)(F)F)=C2C=CC1=N2. The second-order valence-electron chi connectivity index (χ2n) is 8.35. The molecule has 0 atom stereocenters. The Morgan fingerprint density at radius 3 is 0.625 bits per heavy atom. The molecular weight excluding hydrogens is 572 g/mol. The molecule has 0 saturated carbocycles. The van der Waals surface area contributed by atoms with E-state index in [0.717, 1.165) is 0 Å². The van der Waals surface area contributed by atoms with Gasteiger partial charge in [-0.25, -0.2) is 20.0 Å². The van der Waals surface area contributed by atoms with Gasteiger partial charge in [0.1, 0.15) is 22.3 Å². The van der Waals surface area contributed by atoms with Crippen molar-refractivity contribution in [2.75, 3.05) is 0 Å². The van der Waals surface area contributed by atoms with Crippen molar-refractivity contribution in [2.45, 2.75) is 24.7 Å². The van der Waals surface area contributed by atoms with Gasteiger partial charge in [-0.3, -0.25) is 0 Å². The number of alkyl halides is 12. The van der Waals surface area contributed by atoms with Crippen LogP contribution in [-0.2, 0) is 0 Å². The fourth-order valence-electron chi connectivity index (χ4n) is 4.25. The third-order valence-corrected chi connectivity index (χ3v) is 5.74. The van der Waals surface area contributed by atoms with Gasteiger partial charge >= 0.3 is 24.7 Å². The Balaban J connectivity index is 1.92. The number of rotatable bonds is 0. The molecule has 5 rings (SSSR count). The maximum Gasteiger partial charge on any atom is 0.420 e. The highest BCUT2D eigenvalue weighted by Crippen LogP contribution is 2.42. The van der Waals surface area contributed by atoms with E-state index in [9.17, 15) is 52.7 Å². The monoisotopic (exact) mass is 580 g/mol. The molecule has 0 aromatic heterocycles. The highest BCUT2D eigenvalue weighted by molar-refractivity contribution is 6.20. The van der Waals surface area contributed by atoms with Crippen LogP contribution in [0.25, 0.3) is 0 Å². The number of nitrogens with zero attached hydrogens (tertiary/aromatic N) is 4. The molecule has 4 nitrogen and oxygen atoms in total. The highest BCUT2D eigenvalue weighted by Gasteiger charge is 2.47. The van der Waals surface area contributed by atoms with Crippen molar-refractivity contribution >= 4 is 22.8 Å². The quantitative estimate of drug-likeness (QED) is 0.270. The number of hydrogen-bond acceptors (Lipinski definition) is 4. The number of halogens is 12. The topological polar surface area (TPSA) is 49.4 Å². The number of allylic oxidation sites excluding steroid dienone is 12. The van der Waals surface area contributed by atoms with Gasteiger partial charge in [-0.15, -0.1) is 0 Å². The first-order valence-corrected chi connectivity index (χ1v) is 10.7. The van der Waals surface area contributed by atoms with Gasteiger partial charge in [0.2, 0.25) is 0 Å². The zero-order chi connectivity index (χ0) is 29.4.